The molecule has 2 aromatic carbocycles. The Hall–Kier alpha value is -2.88. The number of nitrogens with one attached hydrogen (secondary N) is 1. The Morgan fingerprint density at radius 3 is 2.59 bits per heavy atom. The zero-order valence-electron chi connectivity index (χ0n) is 15.5. The first-order valence-electron chi connectivity index (χ1n) is 8.66. The summed E-state index contributed by atoms with van der Waals surface area (Å²) in [4.78, 5) is 12.5. The van der Waals surface area contributed by atoms with Crippen LogP contribution in [0.5, 0.6) is 0 Å². The Bertz CT molecular complexity index is 1150. The van der Waals surface area contributed by atoms with Gasteiger partial charge in [-0.05, 0) is 0 Å². The normalized spacial score (nSPS) is 13.2. The third-order valence-corrected chi connectivity index (χ3v) is 6.54. The molecule has 5 nitrogen and oxygen atoms in total. The van der Waals surface area contributed by atoms with Crippen molar-refractivity contribution in [3.63, 3.8) is 0 Å². The molecule has 29 heavy (non-hydrogen) atoms. The van der Waals surface area contributed by atoms with Crippen LogP contribution in [0.15, 0.2) is 50.2 Å². The fourth-order valence-corrected chi connectivity index (χ4v) is 4.95. The van der Waals surface area contributed by atoms with Crippen LogP contribution in [-0.2, 0) is 0 Å². The molecular formula is C21H15F2IN3O2-. The van der Waals surface area contributed by atoms with Crippen LogP contribution in [-0.4, -0.2) is 16.8 Å². The van der Waals surface area contributed by atoms with Crippen molar-refractivity contribution in [1.29, 1.82) is 0 Å². The van der Waals surface area contributed by atoms with Crippen LogP contribution in [0.4, 0.5) is 14.5 Å². The van der Waals surface area contributed by atoms with Crippen LogP contribution in [0.25, 0.3) is 6.08 Å². The molecule has 1 N–H and O–H groups in total. The van der Waals surface area contributed by atoms with Crippen LogP contribution >= 0.6 is 0 Å². The van der Waals surface area contributed by atoms with Gasteiger partial charge in [0.2, 0.25) is 0 Å². The van der Waals surface area contributed by atoms with Gasteiger partial charge in [0.15, 0.2) is 0 Å². The summed E-state index contributed by atoms with van der Waals surface area (Å²) in [6, 6.07) is 9.12. The number of allylic oxidation sites excluding steroid dienone is 1. The molecular weight excluding hydrogens is 491 g/mol. The average Bonchev–Trinajstić information content (AvgIpc) is 3.24. The molecule has 0 saturated carbocycles. The van der Waals surface area contributed by atoms with Crippen molar-refractivity contribution in [2.24, 2.45) is 3.21 Å². The van der Waals surface area contributed by atoms with Crippen molar-refractivity contribution in [2.45, 2.75) is 13.8 Å². The van der Waals surface area contributed by atoms with Crippen molar-refractivity contribution in [2.75, 3.05) is 5.32 Å². The zero-order chi connectivity index (χ0) is 20.5. The molecule has 1 amide bonds. The van der Waals surface area contributed by atoms with E-state index in [4.69, 9.17) is 4.52 Å². The molecule has 148 valence electrons. The Kier molecular flexibility index (Phi) is 5.27. The number of amides is 1. The third-order valence-electron chi connectivity index (χ3n) is 4.37. The number of benzene rings is 2. The van der Waals surface area contributed by atoms with E-state index in [0.717, 1.165) is 14.7 Å². The van der Waals surface area contributed by atoms with E-state index in [-0.39, 0.29) is 11.5 Å². The molecule has 2 heterocycles. The maximum absolute atomic E-state index is 14.5. The number of rotatable bonds is 4. The standard InChI is InChI=1S/C21H15F2IN3O2/c1-11-20(12(2)29-27-11)21(28)25-19-9-15-17(10-16(19)23)24-26-18(15)8-5-13-3-6-14(22)7-4-13/h3-10H,1-2H3,(H,25,28)/q-1/b8-5+. The number of carbonyl (C=O) groups is 1. The first-order valence-corrected chi connectivity index (χ1v) is 10.7. The molecule has 0 fully saturated rings. The molecule has 3 aromatic rings. The minimum absolute atomic E-state index is 0.0718. The molecule has 0 saturated heterocycles. The summed E-state index contributed by atoms with van der Waals surface area (Å²) in [5.41, 5.74) is 3.13. The molecule has 1 aromatic heterocycles. The fourth-order valence-electron chi connectivity index (χ4n) is 2.91. The average molecular weight is 506 g/mol. The number of fused-ring (bicyclic) bond motifs is 1. The SMILES string of the molecule is Cc1noc(C)c1C(=O)Nc1cc2c(cc1F)[I-]N=C2/C=C/c1ccc(F)cc1. The summed E-state index contributed by atoms with van der Waals surface area (Å²) in [6.07, 6.45) is 3.64. The first-order chi connectivity index (χ1) is 13.9. The van der Waals surface area contributed by atoms with E-state index >= 15 is 0 Å². The quantitative estimate of drug-likeness (QED) is 0.546. The maximum atomic E-state index is 14.5. The molecule has 1 aliphatic rings. The molecule has 8 heteroatoms. The summed E-state index contributed by atoms with van der Waals surface area (Å²) in [7, 11) is 0. The van der Waals surface area contributed by atoms with Gasteiger partial charge in [0, 0.05) is 0 Å². The van der Waals surface area contributed by atoms with E-state index in [1.54, 1.807) is 32.0 Å². The first kappa shape index (κ1) is 19.4. The van der Waals surface area contributed by atoms with Gasteiger partial charge in [-0.3, -0.25) is 0 Å². The molecule has 0 aliphatic carbocycles. The van der Waals surface area contributed by atoms with E-state index in [0.29, 0.717) is 22.7 Å². The van der Waals surface area contributed by atoms with E-state index < -0.39 is 33.2 Å². The summed E-state index contributed by atoms with van der Waals surface area (Å²) >= 11 is -0.705. The topological polar surface area (TPSA) is 67.5 Å². The number of aromatic nitrogens is 1. The zero-order valence-corrected chi connectivity index (χ0v) is 17.6. The van der Waals surface area contributed by atoms with E-state index in [1.807, 2.05) is 12.2 Å². The van der Waals surface area contributed by atoms with Crippen molar-refractivity contribution in [1.82, 2.24) is 5.16 Å². The molecule has 0 unspecified atom stereocenters. The van der Waals surface area contributed by atoms with Crippen molar-refractivity contribution in [3.05, 3.63) is 85.8 Å². The van der Waals surface area contributed by atoms with Crippen LogP contribution in [0, 0.1) is 29.1 Å². The van der Waals surface area contributed by atoms with Gasteiger partial charge in [-0.15, -0.1) is 0 Å². The number of hydrogen-bond donors (Lipinski definition) is 1. The Morgan fingerprint density at radius 2 is 1.90 bits per heavy atom. The second-order valence-electron chi connectivity index (χ2n) is 6.40. The van der Waals surface area contributed by atoms with Crippen LogP contribution in [0.3, 0.4) is 0 Å². The van der Waals surface area contributed by atoms with Crippen molar-refractivity contribution >= 4 is 23.4 Å². The van der Waals surface area contributed by atoms with Gasteiger partial charge < -0.3 is 0 Å². The fraction of sp³-hybridized carbons (Fsp3) is 0.0952. The number of anilines is 1. The molecule has 0 atom stereocenters. The predicted octanol–water partition coefficient (Wildman–Crippen LogP) is 1.51. The molecule has 0 radical (unpaired) electrons. The second-order valence-corrected chi connectivity index (χ2v) is 8.53. The Labute approximate surface area is 176 Å². The second kappa shape index (κ2) is 7.86. The number of aryl methyl sites for hydroxylation is 2. The van der Waals surface area contributed by atoms with E-state index in [9.17, 15) is 13.6 Å². The third kappa shape index (κ3) is 3.98. The van der Waals surface area contributed by atoms with Gasteiger partial charge in [0.25, 0.3) is 0 Å². The molecule has 4 rings (SSSR count). The van der Waals surface area contributed by atoms with Gasteiger partial charge in [-0.1, -0.05) is 0 Å². The Balaban J connectivity index is 1.60. The van der Waals surface area contributed by atoms with Crippen LogP contribution in [0.1, 0.15) is 32.9 Å². The van der Waals surface area contributed by atoms with Gasteiger partial charge in [-0.25, -0.2) is 0 Å². The summed E-state index contributed by atoms with van der Waals surface area (Å²) in [5.74, 6) is -0.918. The number of hydrogen-bond acceptors (Lipinski definition) is 4. The molecule has 1 aliphatic heterocycles. The monoisotopic (exact) mass is 506 g/mol. The van der Waals surface area contributed by atoms with Crippen LogP contribution < -0.4 is 26.8 Å². The van der Waals surface area contributed by atoms with Gasteiger partial charge >= 0.3 is 176 Å². The molecule has 0 bridgehead atoms. The van der Waals surface area contributed by atoms with Gasteiger partial charge in [0.05, 0.1) is 0 Å². The predicted molar refractivity (Wildman–Crippen MR) is 101 cm³/mol. The molecule has 0 spiro atoms. The van der Waals surface area contributed by atoms with Gasteiger partial charge in [-0.2, -0.15) is 0 Å². The number of nitrogens with zero attached hydrogens (tertiary/aromatic N) is 2. The summed E-state index contributed by atoms with van der Waals surface area (Å²) < 4.78 is 37.9. The van der Waals surface area contributed by atoms with Gasteiger partial charge in [0.1, 0.15) is 0 Å². The van der Waals surface area contributed by atoms with E-state index in [2.05, 4.69) is 13.7 Å². The van der Waals surface area contributed by atoms with Crippen molar-refractivity contribution < 1.29 is 39.6 Å². The summed E-state index contributed by atoms with van der Waals surface area (Å²) in [6.45, 7) is 3.28. The van der Waals surface area contributed by atoms with E-state index in [1.165, 1.54) is 18.2 Å². The minimum atomic E-state index is -0.705. The number of halogens is 3. The Morgan fingerprint density at radius 1 is 1.14 bits per heavy atom. The van der Waals surface area contributed by atoms with Crippen molar-refractivity contribution in [3.8, 4) is 0 Å². The number of carbonyl (C=O) groups excluding carboxylic acids is 1. The van der Waals surface area contributed by atoms with Crippen LogP contribution in [0.2, 0.25) is 0 Å². The summed E-state index contributed by atoms with van der Waals surface area (Å²) in [5, 5.41) is 6.35.